The average Bonchev–Trinajstić information content (AvgIpc) is 1.99. The first-order valence-corrected chi connectivity index (χ1v) is 2.86. The van der Waals surface area contributed by atoms with Gasteiger partial charge in [0.25, 0.3) is 0 Å². The fraction of sp³-hybridized carbons (Fsp3) is 0.800. The number of rotatable bonds is 3. The molecule has 62 valence electrons. The first kappa shape index (κ1) is 9.74. The molecule has 0 aliphatic heterocycles. The van der Waals surface area contributed by atoms with E-state index in [-0.39, 0.29) is 6.54 Å². The van der Waals surface area contributed by atoms with Crippen LogP contribution >= 0.6 is 0 Å². The molecule has 1 atom stereocenters. The zero-order chi connectivity index (χ0) is 8.91. The van der Waals surface area contributed by atoms with Crippen LogP contribution in [0.1, 0.15) is 6.92 Å². The third kappa shape index (κ3) is 2.88. The van der Waals surface area contributed by atoms with Crippen molar-refractivity contribution in [2.45, 2.75) is 12.5 Å². The van der Waals surface area contributed by atoms with E-state index in [1.54, 1.807) is 0 Å². The van der Waals surface area contributed by atoms with Gasteiger partial charge in [-0.2, -0.15) is 0 Å². The van der Waals surface area contributed by atoms with E-state index in [0.717, 1.165) is 7.11 Å². The van der Waals surface area contributed by atoms with E-state index in [4.69, 9.17) is 5.53 Å². The van der Waals surface area contributed by atoms with Crippen LogP contribution in [-0.4, -0.2) is 30.3 Å². The standard InChI is InChI=1S/C5H9N3O3/c1-5(10,3-7-8-6)4(9)11-2/h10H,3H2,1-2H3/t5-/m1/s1. The summed E-state index contributed by atoms with van der Waals surface area (Å²) in [7, 11) is 1.15. The minimum Gasteiger partial charge on any atom is -0.467 e. The van der Waals surface area contributed by atoms with Gasteiger partial charge >= 0.3 is 5.97 Å². The molecule has 0 spiro atoms. The molecule has 1 N–H and O–H groups in total. The van der Waals surface area contributed by atoms with E-state index in [2.05, 4.69) is 14.8 Å². The Morgan fingerprint density at radius 3 is 2.82 bits per heavy atom. The maximum Gasteiger partial charge on any atom is 0.337 e. The smallest absolute Gasteiger partial charge is 0.337 e. The Morgan fingerprint density at radius 1 is 1.91 bits per heavy atom. The van der Waals surface area contributed by atoms with Crippen LogP contribution in [0.25, 0.3) is 10.4 Å². The topological polar surface area (TPSA) is 95.3 Å². The molecule has 11 heavy (non-hydrogen) atoms. The zero-order valence-corrected chi connectivity index (χ0v) is 6.31. The maximum absolute atomic E-state index is 10.7. The van der Waals surface area contributed by atoms with Gasteiger partial charge in [0.2, 0.25) is 0 Å². The average molecular weight is 159 g/mol. The Morgan fingerprint density at radius 2 is 2.45 bits per heavy atom. The minimum absolute atomic E-state index is 0.323. The monoisotopic (exact) mass is 159 g/mol. The van der Waals surface area contributed by atoms with Crippen LogP contribution in [0, 0.1) is 0 Å². The summed E-state index contributed by atoms with van der Waals surface area (Å²) < 4.78 is 4.24. The summed E-state index contributed by atoms with van der Waals surface area (Å²) in [6.45, 7) is 0.893. The van der Waals surface area contributed by atoms with Crippen molar-refractivity contribution < 1.29 is 14.6 Å². The highest BCUT2D eigenvalue weighted by molar-refractivity contribution is 5.78. The van der Waals surface area contributed by atoms with E-state index in [1.165, 1.54) is 6.92 Å². The summed E-state index contributed by atoms with van der Waals surface area (Å²) in [5.41, 5.74) is 6.16. The molecule has 0 amide bonds. The van der Waals surface area contributed by atoms with Crippen molar-refractivity contribution in [3.8, 4) is 0 Å². The summed E-state index contributed by atoms with van der Waals surface area (Å²) in [4.78, 5) is 13.1. The largest absolute Gasteiger partial charge is 0.467 e. The van der Waals surface area contributed by atoms with Gasteiger partial charge in [0.05, 0.1) is 13.7 Å². The summed E-state index contributed by atoms with van der Waals surface area (Å²) in [6, 6.07) is 0. The lowest BCUT2D eigenvalue weighted by molar-refractivity contribution is -0.159. The number of azide groups is 1. The summed E-state index contributed by atoms with van der Waals surface area (Å²) in [6.07, 6.45) is 0. The quantitative estimate of drug-likeness (QED) is 0.276. The second-order valence-electron chi connectivity index (χ2n) is 2.15. The van der Waals surface area contributed by atoms with Gasteiger partial charge in [-0.25, -0.2) is 4.79 Å². The van der Waals surface area contributed by atoms with Crippen molar-refractivity contribution in [2.24, 2.45) is 5.11 Å². The molecule has 0 bridgehead atoms. The molecule has 0 aromatic carbocycles. The third-order valence-electron chi connectivity index (χ3n) is 1.07. The number of carbonyl (C=O) groups excluding carboxylic acids is 1. The van der Waals surface area contributed by atoms with Crippen molar-refractivity contribution in [1.82, 2.24) is 0 Å². The maximum atomic E-state index is 10.7. The summed E-state index contributed by atoms with van der Waals surface area (Å²) in [5.74, 6) is -0.815. The van der Waals surface area contributed by atoms with Crippen LogP contribution < -0.4 is 0 Å². The number of ether oxygens (including phenoxy) is 1. The van der Waals surface area contributed by atoms with E-state index >= 15 is 0 Å². The second kappa shape index (κ2) is 3.80. The number of carbonyl (C=O) groups is 1. The van der Waals surface area contributed by atoms with E-state index in [0.29, 0.717) is 0 Å². The predicted molar refractivity (Wildman–Crippen MR) is 36.7 cm³/mol. The lowest BCUT2D eigenvalue weighted by Crippen LogP contribution is -2.39. The molecule has 0 saturated heterocycles. The molecule has 0 saturated carbocycles. The lowest BCUT2D eigenvalue weighted by Gasteiger charge is -2.16. The highest BCUT2D eigenvalue weighted by Gasteiger charge is 2.30. The van der Waals surface area contributed by atoms with Crippen LogP contribution in [-0.2, 0) is 9.53 Å². The van der Waals surface area contributed by atoms with Crippen molar-refractivity contribution >= 4 is 5.97 Å². The van der Waals surface area contributed by atoms with Crippen molar-refractivity contribution in [3.05, 3.63) is 10.4 Å². The van der Waals surface area contributed by atoms with Gasteiger partial charge in [-0.3, -0.25) is 0 Å². The van der Waals surface area contributed by atoms with Crippen LogP contribution in [0.15, 0.2) is 5.11 Å². The molecule has 0 unspecified atom stereocenters. The van der Waals surface area contributed by atoms with Gasteiger partial charge in [-0.05, 0) is 12.5 Å². The molecule has 0 aromatic rings. The highest BCUT2D eigenvalue weighted by Crippen LogP contribution is 2.05. The molecule has 0 aliphatic rings. The Balaban J connectivity index is 4.20. The summed E-state index contributed by atoms with van der Waals surface area (Å²) in [5, 5.41) is 12.2. The number of nitrogens with zero attached hydrogens (tertiary/aromatic N) is 3. The third-order valence-corrected chi connectivity index (χ3v) is 1.07. The fourth-order valence-electron chi connectivity index (χ4n) is 0.454. The van der Waals surface area contributed by atoms with Gasteiger partial charge in [0.1, 0.15) is 0 Å². The van der Waals surface area contributed by atoms with Crippen LogP contribution in [0.3, 0.4) is 0 Å². The summed E-state index contributed by atoms with van der Waals surface area (Å²) >= 11 is 0. The fourth-order valence-corrected chi connectivity index (χ4v) is 0.454. The molecule has 0 heterocycles. The van der Waals surface area contributed by atoms with E-state index in [1.807, 2.05) is 0 Å². The molecule has 0 aliphatic carbocycles. The molecule has 0 fully saturated rings. The van der Waals surface area contributed by atoms with Crippen LogP contribution in [0.4, 0.5) is 0 Å². The number of hydrogen-bond donors (Lipinski definition) is 1. The zero-order valence-electron chi connectivity index (χ0n) is 6.31. The molecular formula is C5H9N3O3. The van der Waals surface area contributed by atoms with Crippen LogP contribution in [0.2, 0.25) is 0 Å². The first-order chi connectivity index (χ1) is 5.04. The Labute approximate surface area is 63.4 Å². The number of hydrogen-bond acceptors (Lipinski definition) is 4. The molecule has 6 heteroatoms. The Kier molecular flexibility index (Phi) is 3.36. The van der Waals surface area contributed by atoms with Crippen LogP contribution in [0.5, 0.6) is 0 Å². The van der Waals surface area contributed by atoms with Crippen molar-refractivity contribution in [3.63, 3.8) is 0 Å². The van der Waals surface area contributed by atoms with E-state index in [9.17, 15) is 9.90 Å². The second-order valence-corrected chi connectivity index (χ2v) is 2.15. The number of methoxy groups -OCH3 is 1. The Hall–Kier alpha value is -1.26. The van der Waals surface area contributed by atoms with E-state index < -0.39 is 11.6 Å². The Bertz CT molecular complexity index is 195. The number of aliphatic hydroxyl groups is 1. The van der Waals surface area contributed by atoms with Gasteiger partial charge in [0, 0.05) is 4.91 Å². The lowest BCUT2D eigenvalue weighted by atomic mass is 10.1. The minimum atomic E-state index is -1.72. The first-order valence-electron chi connectivity index (χ1n) is 2.86. The molecule has 6 nitrogen and oxygen atoms in total. The molecule has 0 radical (unpaired) electrons. The van der Waals surface area contributed by atoms with Gasteiger partial charge in [0.15, 0.2) is 5.60 Å². The van der Waals surface area contributed by atoms with Gasteiger partial charge < -0.3 is 9.84 Å². The highest BCUT2D eigenvalue weighted by atomic mass is 16.5. The van der Waals surface area contributed by atoms with Crippen molar-refractivity contribution in [1.29, 1.82) is 0 Å². The SMILES string of the molecule is COC(=O)[C@](C)(O)CN=[N+]=[N-]. The molecular weight excluding hydrogens is 150 g/mol. The van der Waals surface area contributed by atoms with Gasteiger partial charge in [-0.15, -0.1) is 0 Å². The molecule has 0 rings (SSSR count). The van der Waals surface area contributed by atoms with Crippen molar-refractivity contribution in [2.75, 3.05) is 13.7 Å². The normalized spacial score (nSPS) is 14.5. The van der Waals surface area contributed by atoms with Gasteiger partial charge in [-0.1, -0.05) is 5.11 Å². The molecule has 0 aromatic heterocycles. The predicted octanol–water partition coefficient (Wildman–Crippen LogP) is 0.221. The number of esters is 1.